The quantitative estimate of drug-likeness (QED) is 0.179. The van der Waals surface area contributed by atoms with Gasteiger partial charge in [-0.3, -0.25) is 9.59 Å². The number of halogens is 1. The normalized spacial score (nSPS) is 14.1. The summed E-state index contributed by atoms with van der Waals surface area (Å²) < 4.78 is 9.99. The van der Waals surface area contributed by atoms with E-state index >= 15 is 0 Å². The molecule has 0 atom stereocenters. The van der Waals surface area contributed by atoms with Crippen LogP contribution in [0.4, 0.5) is 4.79 Å². The van der Waals surface area contributed by atoms with E-state index in [1.807, 2.05) is 84.0 Å². The Labute approximate surface area is 263 Å². The van der Waals surface area contributed by atoms with Crippen molar-refractivity contribution in [1.29, 1.82) is 0 Å². The summed E-state index contributed by atoms with van der Waals surface area (Å²) in [7, 11) is 0. The fraction of sp³-hybridized carbons (Fsp3) is 0.412. The van der Waals surface area contributed by atoms with E-state index in [0.717, 1.165) is 38.6 Å². The van der Waals surface area contributed by atoms with E-state index in [2.05, 4.69) is 32.2 Å². The van der Waals surface area contributed by atoms with Crippen LogP contribution in [0.25, 0.3) is 33.1 Å². The predicted molar refractivity (Wildman–Crippen MR) is 173 cm³/mol. The highest BCUT2D eigenvalue weighted by molar-refractivity contribution is 6.32. The third kappa shape index (κ3) is 8.95. The van der Waals surface area contributed by atoms with Crippen molar-refractivity contribution in [3.05, 3.63) is 65.3 Å². The number of likely N-dealkylation sites (tertiary alicyclic amines) is 1. The van der Waals surface area contributed by atoms with E-state index in [-0.39, 0.29) is 23.5 Å². The summed E-state index contributed by atoms with van der Waals surface area (Å²) in [5.41, 5.74) is 3.78. The fourth-order valence-corrected chi connectivity index (χ4v) is 5.09. The molecule has 0 bridgehead atoms. The Hall–Kier alpha value is -4.11. The van der Waals surface area contributed by atoms with Gasteiger partial charge in [-0.25, -0.2) is 9.78 Å². The molecule has 2 N–H and O–H groups in total. The number of hydrogen-bond donors (Lipinski definition) is 2. The van der Waals surface area contributed by atoms with Gasteiger partial charge in [-0.1, -0.05) is 35.9 Å². The molecule has 0 radical (unpaired) electrons. The van der Waals surface area contributed by atoms with E-state index in [9.17, 15) is 14.4 Å². The minimum Gasteiger partial charge on any atom is -0.462 e. The number of pyridine rings is 1. The minimum atomic E-state index is -0.523. The lowest BCUT2D eigenvalue weighted by molar-refractivity contribution is -0.138. The van der Waals surface area contributed by atoms with Gasteiger partial charge in [0, 0.05) is 53.1 Å². The molecule has 0 unspecified atom stereocenters. The Bertz CT molecular complexity index is 1630. The third-order valence-electron chi connectivity index (χ3n) is 7.04. The molecule has 1 aliphatic rings. The van der Waals surface area contributed by atoms with Crippen molar-refractivity contribution in [3.8, 4) is 11.3 Å². The van der Waals surface area contributed by atoms with E-state index in [4.69, 9.17) is 16.3 Å². The first-order valence-electron chi connectivity index (χ1n) is 14.8. The van der Waals surface area contributed by atoms with E-state index in [0.29, 0.717) is 44.1 Å². The van der Waals surface area contributed by atoms with Crippen molar-refractivity contribution in [1.82, 2.24) is 20.2 Å². The molecule has 9 nitrogen and oxygen atoms in total. The van der Waals surface area contributed by atoms with Gasteiger partial charge in [-0.15, -0.1) is 0 Å². The molecule has 0 spiro atoms. The average molecular weight is 621 g/mol. The lowest BCUT2D eigenvalue weighted by atomic mass is 9.96. The molecular weight excluding hydrogens is 580 g/mol. The summed E-state index contributed by atoms with van der Waals surface area (Å²) in [6, 6.07) is 18.1. The molecule has 1 fully saturated rings. The lowest BCUT2D eigenvalue weighted by Gasteiger charge is -2.32. The Kier molecular flexibility index (Phi) is 10.2. The van der Waals surface area contributed by atoms with Crippen molar-refractivity contribution in [3.63, 3.8) is 0 Å². The SMILES string of the molecule is CC(C)(C)OC(=O)N1CCC(C(=O)NCc2ccc3[nH]c(-c4cc5ccccc5nc4Cl)cc3c2)CC1.CC(C)(C)OC=O. The second-order valence-electron chi connectivity index (χ2n) is 12.9. The second-order valence-corrected chi connectivity index (χ2v) is 13.3. The van der Waals surface area contributed by atoms with Crippen LogP contribution < -0.4 is 5.32 Å². The predicted octanol–water partition coefficient (Wildman–Crippen LogP) is 7.26. The van der Waals surface area contributed by atoms with Crippen LogP contribution in [0.3, 0.4) is 0 Å². The lowest BCUT2D eigenvalue weighted by Crippen LogP contribution is -2.44. The summed E-state index contributed by atoms with van der Waals surface area (Å²) in [4.78, 5) is 44.3. The first-order chi connectivity index (χ1) is 20.7. The van der Waals surface area contributed by atoms with Gasteiger partial charge >= 0.3 is 6.09 Å². The summed E-state index contributed by atoms with van der Waals surface area (Å²) in [6.45, 7) is 13.0. The topological polar surface area (TPSA) is 114 Å². The van der Waals surface area contributed by atoms with Crippen molar-refractivity contribution in [2.24, 2.45) is 5.92 Å². The number of fused-ring (bicyclic) bond motifs is 2. The van der Waals surface area contributed by atoms with Gasteiger partial charge in [-0.2, -0.15) is 0 Å². The second kappa shape index (κ2) is 13.7. The standard InChI is InChI=1S/C29H31ClN4O3.C5H10O2/c1-29(2,3)37-28(36)34-12-10-19(11-13-34)27(35)31-17-18-8-9-24-21(14-18)16-25(32-24)22-15-20-6-4-5-7-23(20)33-26(22)30;1-5(2,3)7-4-6/h4-9,14-16,19,32H,10-13,17H2,1-3H3,(H,31,35);4H,1-3H3. The summed E-state index contributed by atoms with van der Waals surface area (Å²) in [5, 5.41) is 5.59. The summed E-state index contributed by atoms with van der Waals surface area (Å²) in [5.74, 6) is -0.0865. The molecule has 4 aromatic rings. The molecule has 2 amide bonds. The summed E-state index contributed by atoms with van der Waals surface area (Å²) in [6.07, 6.45) is 0.948. The monoisotopic (exact) mass is 620 g/mol. The molecule has 10 heteroatoms. The third-order valence-corrected chi connectivity index (χ3v) is 7.33. The maximum atomic E-state index is 12.8. The van der Waals surface area contributed by atoms with Crippen LogP contribution in [0.2, 0.25) is 5.15 Å². The molecule has 234 valence electrons. The first kappa shape index (κ1) is 32.8. The van der Waals surface area contributed by atoms with Crippen LogP contribution in [0.1, 0.15) is 59.9 Å². The number of nitrogens with one attached hydrogen (secondary N) is 2. The zero-order chi connectivity index (χ0) is 32.1. The van der Waals surface area contributed by atoms with Crippen LogP contribution in [0, 0.1) is 5.92 Å². The number of aromatic nitrogens is 2. The van der Waals surface area contributed by atoms with Gasteiger partial charge < -0.3 is 24.7 Å². The molecule has 3 heterocycles. The highest BCUT2D eigenvalue weighted by Gasteiger charge is 2.29. The molecule has 5 rings (SSSR count). The largest absolute Gasteiger partial charge is 0.462 e. The highest BCUT2D eigenvalue weighted by Crippen LogP contribution is 2.32. The number of nitrogens with zero attached hydrogens (tertiary/aromatic N) is 2. The Balaban J connectivity index is 0.000000566. The maximum Gasteiger partial charge on any atom is 0.410 e. The van der Waals surface area contributed by atoms with Crippen LogP contribution in [-0.4, -0.2) is 57.6 Å². The van der Waals surface area contributed by atoms with Crippen LogP contribution in [0.15, 0.2) is 54.6 Å². The van der Waals surface area contributed by atoms with Gasteiger partial charge in [0.15, 0.2) is 0 Å². The Morgan fingerprint density at radius 2 is 1.70 bits per heavy atom. The number of aromatic amines is 1. The van der Waals surface area contributed by atoms with E-state index < -0.39 is 5.60 Å². The molecule has 0 saturated carbocycles. The Morgan fingerprint density at radius 1 is 1.00 bits per heavy atom. The van der Waals surface area contributed by atoms with E-state index in [1.165, 1.54) is 0 Å². The number of hydrogen-bond acceptors (Lipinski definition) is 6. The molecule has 44 heavy (non-hydrogen) atoms. The van der Waals surface area contributed by atoms with Crippen LogP contribution in [-0.2, 0) is 25.6 Å². The highest BCUT2D eigenvalue weighted by atomic mass is 35.5. The van der Waals surface area contributed by atoms with Gasteiger partial charge in [0.25, 0.3) is 6.47 Å². The van der Waals surface area contributed by atoms with Gasteiger partial charge in [0.1, 0.15) is 16.4 Å². The number of carbonyl (C=O) groups is 3. The number of amides is 2. The molecule has 2 aromatic carbocycles. The number of piperidine rings is 1. The molecule has 1 saturated heterocycles. The number of ether oxygens (including phenoxy) is 2. The van der Waals surface area contributed by atoms with Crippen molar-refractivity contribution >= 4 is 51.9 Å². The fourth-order valence-electron chi connectivity index (χ4n) is 4.85. The minimum absolute atomic E-state index is 0.0210. The van der Waals surface area contributed by atoms with Gasteiger partial charge in [0.05, 0.1) is 5.52 Å². The number of carbonyl (C=O) groups excluding carboxylic acids is 3. The van der Waals surface area contributed by atoms with E-state index in [1.54, 1.807) is 4.90 Å². The molecule has 2 aromatic heterocycles. The molecular formula is C34H41ClN4O5. The molecule has 1 aliphatic heterocycles. The zero-order valence-electron chi connectivity index (χ0n) is 26.2. The number of rotatable bonds is 5. The average Bonchev–Trinajstić information content (AvgIpc) is 3.37. The first-order valence-corrected chi connectivity index (χ1v) is 15.1. The van der Waals surface area contributed by atoms with Crippen molar-refractivity contribution in [2.75, 3.05) is 13.1 Å². The van der Waals surface area contributed by atoms with Gasteiger partial charge in [-0.05, 0) is 90.3 Å². The maximum absolute atomic E-state index is 12.8. The Morgan fingerprint density at radius 3 is 2.34 bits per heavy atom. The molecule has 0 aliphatic carbocycles. The van der Waals surface area contributed by atoms with Gasteiger partial charge in [0.2, 0.25) is 5.91 Å². The number of benzene rings is 2. The number of para-hydroxylation sites is 1. The summed E-state index contributed by atoms with van der Waals surface area (Å²) >= 11 is 6.50. The zero-order valence-corrected chi connectivity index (χ0v) is 27.0. The van der Waals surface area contributed by atoms with Crippen LogP contribution >= 0.6 is 11.6 Å². The smallest absolute Gasteiger partial charge is 0.410 e. The van der Waals surface area contributed by atoms with Crippen molar-refractivity contribution < 1.29 is 23.9 Å². The van der Waals surface area contributed by atoms with Crippen molar-refractivity contribution in [2.45, 2.75) is 72.1 Å². The van der Waals surface area contributed by atoms with Crippen LogP contribution in [0.5, 0.6) is 0 Å². The number of H-pyrrole nitrogens is 1.